The zero-order chi connectivity index (χ0) is 21.3. The second-order valence-corrected chi connectivity index (χ2v) is 7.24. The van der Waals surface area contributed by atoms with Gasteiger partial charge in [0.1, 0.15) is 6.04 Å². The lowest BCUT2D eigenvalue weighted by Gasteiger charge is -2.23. The van der Waals surface area contributed by atoms with Gasteiger partial charge in [-0.25, -0.2) is 4.79 Å². The molecule has 28 heavy (non-hydrogen) atoms. The Bertz CT molecular complexity index is 679. The van der Waals surface area contributed by atoms with Gasteiger partial charge in [-0.15, -0.1) is 11.3 Å². The van der Waals surface area contributed by atoms with Crippen molar-refractivity contribution in [1.82, 2.24) is 20.9 Å². The maximum absolute atomic E-state index is 12.3. The van der Waals surface area contributed by atoms with Crippen LogP contribution in [-0.2, 0) is 14.4 Å². The number of rotatable bonds is 10. The predicted molar refractivity (Wildman–Crippen MR) is 103 cm³/mol. The van der Waals surface area contributed by atoms with Gasteiger partial charge in [0.05, 0.1) is 12.6 Å². The van der Waals surface area contributed by atoms with Gasteiger partial charge in [0.2, 0.25) is 11.8 Å². The molecule has 10 nitrogen and oxygen atoms in total. The van der Waals surface area contributed by atoms with Crippen LogP contribution in [0.1, 0.15) is 30.7 Å². The summed E-state index contributed by atoms with van der Waals surface area (Å²) in [6.07, 6.45) is -2.19. The molecule has 0 fully saturated rings. The summed E-state index contributed by atoms with van der Waals surface area (Å²) in [5.41, 5.74) is 0. The highest BCUT2D eigenvalue weighted by Crippen LogP contribution is 2.20. The number of carbonyl (C=O) groups is 4. The van der Waals surface area contributed by atoms with Crippen LogP contribution in [0.15, 0.2) is 17.5 Å². The molecule has 0 saturated carbocycles. The Kier molecular flexibility index (Phi) is 9.39. The molecule has 0 aromatic carbocycles. The number of thiophene rings is 1. The van der Waals surface area contributed by atoms with Crippen LogP contribution in [0.2, 0.25) is 0 Å². The van der Waals surface area contributed by atoms with Crippen LogP contribution in [0.25, 0.3) is 0 Å². The van der Waals surface area contributed by atoms with Crippen LogP contribution in [0.4, 0.5) is 4.79 Å². The summed E-state index contributed by atoms with van der Waals surface area (Å²) >= 11 is 1.31. The van der Waals surface area contributed by atoms with E-state index in [-0.39, 0.29) is 12.3 Å². The fourth-order valence-electron chi connectivity index (χ4n) is 2.41. The molecule has 0 saturated heterocycles. The number of nitrogens with one attached hydrogen (secondary N) is 3. The van der Waals surface area contributed by atoms with Crippen molar-refractivity contribution in [2.75, 3.05) is 20.6 Å². The summed E-state index contributed by atoms with van der Waals surface area (Å²) in [6, 6.07) is 1.60. The average Bonchev–Trinajstić information content (AvgIpc) is 3.16. The number of carbonyl (C=O) groups excluding carboxylic acids is 3. The zero-order valence-electron chi connectivity index (χ0n) is 16.0. The molecule has 0 bridgehead atoms. The summed E-state index contributed by atoms with van der Waals surface area (Å²) in [4.78, 5) is 49.3. The maximum Gasteiger partial charge on any atom is 0.404 e. The van der Waals surface area contributed by atoms with Crippen LogP contribution in [0.3, 0.4) is 0 Å². The molecule has 0 aliphatic carbocycles. The van der Waals surface area contributed by atoms with Gasteiger partial charge < -0.3 is 31.1 Å². The highest BCUT2D eigenvalue weighted by Gasteiger charge is 2.28. The SMILES string of the molecule is CCCC(NC(=O)O)C(O)C(=O)NCC(=O)N[C@H](C(=O)N(C)C)c1cccs1. The highest BCUT2D eigenvalue weighted by molar-refractivity contribution is 7.10. The molecule has 0 spiro atoms. The smallest absolute Gasteiger partial charge is 0.404 e. The Morgan fingerprint density at radius 2 is 1.89 bits per heavy atom. The largest absolute Gasteiger partial charge is 0.465 e. The number of aliphatic hydroxyl groups excluding tert-OH is 1. The minimum absolute atomic E-state index is 0.255. The summed E-state index contributed by atoms with van der Waals surface area (Å²) in [5, 5.41) is 27.5. The van der Waals surface area contributed by atoms with Crippen molar-refractivity contribution in [3.05, 3.63) is 22.4 Å². The van der Waals surface area contributed by atoms with Gasteiger partial charge in [-0.05, 0) is 17.9 Å². The van der Waals surface area contributed by atoms with Crippen LogP contribution in [0, 0.1) is 0 Å². The normalized spacial score (nSPS) is 13.7. The molecule has 2 unspecified atom stereocenters. The quantitative estimate of drug-likeness (QED) is 0.361. The van der Waals surface area contributed by atoms with Gasteiger partial charge >= 0.3 is 6.09 Å². The number of amides is 4. The Hall–Kier alpha value is -2.66. The molecule has 11 heteroatoms. The van der Waals surface area contributed by atoms with E-state index in [1.807, 2.05) is 0 Å². The molecular weight excluding hydrogens is 388 g/mol. The van der Waals surface area contributed by atoms with Crippen molar-refractivity contribution < 1.29 is 29.4 Å². The molecule has 1 aromatic rings. The first-order valence-corrected chi connectivity index (χ1v) is 9.54. The van der Waals surface area contributed by atoms with E-state index >= 15 is 0 Å². The Morgan fingerprint density at radius 3 is 2.39 bits per heavy atom. The lowest BCUT2D eigenvalue weighted by atomic mass is 10.1. The fourth-order valence-corrected chi connectivity index (χ4v) is 3.18. The van der Waals surface area contributed by atoms with Crippen LogP contribution in [-0.4, -0.2) is 71.7 Å². The van der Waals surface area contributed by atoms with E-state index in [9.17, 15) is 24.3 Å². The van der Waals surface area contributed by atoms with Gasteiger partial charge in [-0.3, -0.25) is 14.4 Å². The molecule has 0 radical (unpaired) electrons. The Balaban J connectivity index is 2.67. The van der Waals surface area contributed by atoms with Crippen LogP contribution in [0.5, 0.6) is 0 Å². The van der Waals surface area contributed by atoms with Crippen molar-refractivity contribution >= 4 is 35.2 Å². The minimum atomic E-state index is -1.64. The molecule has 5 N–H and O–H groups in total. The molecule has 3 atom stereocenters. The third kappa shape index (κ3) is 7.16. The number of hydrogen-bond acceptors (Lipinski definition) is 6. The first-order chi connectivity index (χ1) is 13.2. The highest BCUT2D eigenvalue weighted by atomic mass is 32.1. The molecule has 0 aliphatic heterocycles. The molecule has 0 aliphatic rings. The summed E-state index contributed by atoms with van der Waals surface area (Å²) in [7, 11) is 3.13. The third-order valence-electron chi connectivity index (χ3n) is 3.80. The standard InChI is InChI=1S/C17H26N4O6S/c1-4-6-10(19-17(26)27)14(23)15(24)18-9-12(22)20-13(16(25)21(2)3)11-7-5-8-28-11/h5,7-8,10,13-14,19,23H,4,6,9H2,1-3H3,(H,18,24)(H,20,22)(H,26,27)/t10?,13-,14?/m0/s1. The Morgan fingerprint density at radius 1 is 1.21 bits per heavy atom. The number of hydrogen-bond donors (Lipinski definition) is 5. The van der Waals surface area contributed by atoms with Crippen molar-refractivity contribution in [2.24, 2.45) is 0 Å². The van der Waals surface area contributed by atoms with Gasteiger partial charge in [0, 0.05) is 19.0 Å². The second-order valence-electron chi connectivity index (χ2n) is 6.26. The average molecular weight is 414 g/mol. The second kappa shape index (κ2) is 11.2. The lowest BCUT2D eigenvalue weighted by Crippen LogP contribution is -2.52. The topological polar surface area (TPSA) is 148 Å². The maximum atomic E-state index is 12.3. The first kappa shape index (κ1) is 23.4. The van der Waals surface area contributed by atoms with Crippen LogP contribution < -0.4 is 16.0 Å². The van der Waals surface area contributed by atoms with Crippen molar-refractivity contribution in [2.45, 2.75) is 38.0 Å². The van der Waals surface area contributed by atoms with Gasteiger partial charge in [-0.1, -0.05) is 19.4 Å². The Labute approximate surface area is 166 Å². The lowest BCUT2D eigenvalue weighted by molar-refractivity contribution is -0.135. The van der Waals surface area contributed by atoms with Crippen molar-refractivity contribution in [3.63, 3.8) is 0 Å². The van der Waals surface area contributed by atoms with Gasteiger partial charge in [0.15, 0.2) is 6.10 Å². The monoisotopic (exact) mass is 414 g/mol. The van der Waals surface area contributed by atoms with E-state index in [1.165, 1.54) is 16.2 Å². The molecule has 1 aromatic heterocycles. The number of aliphatic hydroxyl groups is 1. The van der Waals surface area contributed by atoms with Gasteiger partial charge in [0.25, 0.3) is 5.91 Å². The molecule has 156 valence electrons. The van der Waals surface area contributed by atoms with Crippen molar-refractivity contribution in [3.8, 4) is 0 Å². The third-order valence-corrected chi connectivity index (χ3v) is 4.74. The van der Waals surface area contributed by atoms with E-state index in [0.717, 1.165) is 0 Å². The first-order valence-electron chi connectivity index (χ1n) is 8.66. The fraction of sp³-hybridized carbons (Fsp3) is 0.529. The number of carboxylic acid groups (broad SMARTS) is 1. The predicted octanol–water partition coefficient (Wildman–Crippen LogP) is -0.0930. The summed E-state index contributed by atoms with van der Waals surface area (Å²) in [5.74, 6) is -1.82. The summed E-state index contributed by atoms with van der Waals surface area (Å²) < 4.78 is 0. The van der Waals surface area contributed by atoms with Crippen molar-refractivity contribution in [1.29, 1.82) is 0 Å². The minimum Gasteiger partial charge on any atom is -0.465 e. The molecule has 1 heterocycles. The molecule has 1 rings (SSSR count). The van der Waals surface area contributed by atoms with Gasteiger partial charge in [-0.2, -0.15) is 0 Å². The number of nitrogens with zero attached hydrogens (tertiary/aromatic N) is 1. The molecule has 4 amide bonds. The van der Waals surface area contributed by atoms with E-state index in [0.29, 0.717) is 11.3 Å². The summed E-state index contributed by atoms with van der Waals surface area (Å²) in [6.45, 7) is 1.31. The zero-order valence-corrected chi connectivity index (χ0v) is 16.8. The van der Waals surface area contributed by atoms with Crippen LogP contribution >= 0.6 is 11.3 Å². The van der Waals surface area contributed by atoms with E-state index in [4.69, 9.17) is 5.11 Å². The van der Waals surface area contributed by atoms with E-state index < -0.39 is 42.6 Å². The van der Waals surface area contributed by atoms with E-state index in [1.54, 1.807) is 38.5 Å². The van der Waals surface area contributed by atoms with E-state index in [2.05, 4.69) is 16.0 Å². The number of likely N-dealkylation sites (N-methyl/N-ethyl adjacent to an activating group) is 1. The molecular formula is C17H26N4O6S.